The molecule has 0 saturated carbocycles. The minimum absolute atomic E-state index is 0.0321. The Balaban J connectivity index is 1.97. The summed E-state index contributed by atoms with van der Waals surface area (Å²) in [7, 11) is 0. The van der Waals surface area contributed by atoms with Crippen molar-refractivity contribution in [1.29, 1.82) is 0 Å². The van der Waals surface area contributed by atoms with Crippen molar-refractivity contribution >= 4 is 29.0 Å². The Hall–Kier alpha value is -1.16. The molecule has 0 radical (unpaired) electrons. The van der Waals surface area contributed by atoms with E-state index in [0.29, 0.717) is 6.04 Å². The van der Waals surface area contributed by atoms with Crippen LogP contribution in [0.3, 0.4) is 0 Å². The average molecular weight is 250 g/mol. The summed E-state index contributed by atoms with van der Waals surface area (Å²) >= 11 is 2.00. The van der Waals surface area contributed by atoms with Crippen molar-refractivity contribution in [3.63, 3.8) is 0 Å². The second-order valence-corrected chi connectivity index (χ2v) is 5.47. The third-order valence-electron chi connectivity index (χ3n) is 2.71. The van der Waals surface area contributed by atoms with Crippen LogP contribution in [0.5, 0.6) is 0 Å². The van der Waals surface area contributed by atoms with Gasteiger partial charge >= 0.3 is 0 Å². The predicted molar refractivity (Wildman–Crippen MR) is 74.7 cm³/mol. The van der Waals surface area contributed by atoms with Crippen LogP contribution >= 0.6 is 11.8 Å². The van der Waals surface area contributed by atoms with Gasteiger partial charge in [-0.2, -0.15) is 11.8 Å². The Bertz CT molecular complexity index is 389. The van der Waals surface area contributed by atoms with Crippen molar-refractivity contribution in [3.8, 4) is 0 Å². The first-order valence-electron chi connectivity index (χ1n) is 5.96. The minimum Gasteiger partial charge on any atom is -0.381 e. The number of hydrogen-bond donors (Lipinski definition) is 2. The molecule has 2 N–H and O–H groups in total. The number of rotatable bonds is 3. The lowest BCUT2D eigenvalue weighted by atomic mass is 10.1. The first-order valence-corrected chi connectivity index (χ1v) is 7.11. The molecule has 1 atom stereocenters. The molecular formula is C13H18N2OS. The van der Waals surface area contributed by atoms with Gasteiger partial charge < -0.3 is 10.6 Å². The molecule has 0 bridgehead atoms. The van der Waals surface area contributed by atoms with Crippen molar-refractivity contribution in [2.45, 2.75) is 25.8 Å². The maximum absolute atomic E-state index is 11.0. The van der Waals surface area contributed by atoms with Crippen LogP contribution in [0.4, 0.5) is 11.4 Å². The van der Waals surface area contributed by atoms with Gasteiger partial charge in [0.25, 0.3) is 0 Å². The molecule has 1 aliphatic rings. The average Bonchev–Trinajstić information content (AvgIpc) is 2.30. The molecule has 17 heavy (non-hydrogen) atoms. The van der Waals surface area contributed by atoms with Gasteiger partial charge in [0.15, 0.2) is 0 Å². The molecule has 1 unspecified atom stereocenters. The number of hydrogen-bond acceptors (Lipinski definition) is 3. The smallest absolute Gasteiger partial charge is 0.221 e. The molecule has 0 spiro atoms. The quantitative estimate of drug-likeness (QED) is 0.866. The number of thioether (sulfide) groups is 1. The van der Waals surface area contributed by atoms with Gasteiger partial charge in [0, 0.05) is 30.1 Å². The Morgan fingerprint density at radius 3 is 2.94 bits per heavy atom. The van der Waals surface area contributed by atoms with Crippen LogP contribution in [-0.2, 0) is 4.79 Å². The summed E-state index contributed by atoms with van der Waals surface area (Å²) in [5.41, 5.74) is 1.94. The van der Waals surface area contributed by atoms with Crippen LogP contribution in [0, 0.1) is 0 Å². The molecule has 2 rings (SSSR count). The Morgan fingerprint density at radius 1 is 1.41 bits per heavy atom. The Labute approximate surface area is 106 Å². The van der Waals surface area contributed by atoms with Crippen LogP contribution in [-0.4, -0.2) is 23.5 Å². The van der Waals surface area contributed by atoms with E-state index in [2.05, 4.69) is 10.6 Å². The molecule has 92 valence electrons. The van der Waals surface area contributed by atoms with E-state index in [1.807, 2.05) is 36.0 Å². The predicted octanol–water partition coefficient (Wildman–Crippen LogP) is 2.95. The standard InChI is InChI=1S/C13H18N2OS/c1-10(16)14-11-4-2-5-12(8-11)15-13-6-3-7-17-9-13/h2,4-5,8,13,15H,3,6-7,9H2,1H3,(H,14,16). The zero-order chi connectivity index (χ0) is 12.1. The van der Waals surface area contributed by atoms with E-state index >= 15 is 0 Å². The second kappa shape index (κ2) is 5.96. The van der Waals surface area contributed by atoms with E-state index in [1.165, 1.54) is 31.3 Å². The number of carbonyl (C=O) groups is 1. The van der Waals surface area contributed by atoms with Crippen LogP contribution in [0.15, 0.2) is 24.3 Å². The maximum Gasteiger partial charge on any atom is 0.221 e. The highest BCUT2D eigenvalue weighted by Crippen LogP contribution is 2.22. The molecule has 1 aliphatic heterocycles. The number of benzene rings is 1. The van der Waals surface area contributed by atoms with Gasteiger partial charge in [0.2, 0.25) is 5.91 Å². The van der Waals surface area contributed by atoms with Crippen LogP contribution < -0.4 is 10.6 Å². The highest BCUT2D eigenvalue weighted by Gasteiger charge is 2.13. The normalized spacial score (nSPS) is 19.7. The summed E-state index contributed by atoms with van der Waals surface area (Å²) in [6, 6.07) is 8.46. The highest BCUT2D eigenvalue weighted by molar-refractivity contribution is 7.99. The second-order valence-electron chi connectivity index (χ2n) is 4.32. The largest absolute Gasteiger partial charge is 0.381 e. The fourth-order valence-corrected chi connectivity index (χ4v) is 3.05. The summed E-state index contributed by atoms with van der Waals surface area (Å²) in [4.78, 5) is 11.0. The fraction of sp³-hybridized carbons (Fsp3) is 0.462. The third-order valence-corrected chi connectivity index (χ3v) is 3.93. The third kappa shape index (κ3) is 3.97. The van der Waals surface area contributed by atoms with Crippen molar-refractivity contribution in [3.05, 3.63) is 24.3 Å². The summed E-state index contributed by atoms with van der Waals surface area (Å²) in [5, 5.41) is 6.32. The van der Waals surface area contributed by atoms with Crippen molar-refractivity contribution in [2.24, 2.45) is 0 Å². The molecule has 0 aromatic heterocycles. The molecule has 1 aromatic rings. The lowest BCUT2D eigenvalue weighted by Gasteiger charge is -2.23. The minimum atomic E-state index is -0.0321. The topological polar surface area (TPSA) is 41.1 Å². The molecule has 0 aliphatic carbocycles. The van der Waals surface area contributed by atoms with Gasteiger partial charge in [-0.1, -0.05) is 6.07 Å². The van der Waals surface area contributed by atoms with Gasteiger partial charge in [-0.25, -0.2) is 0 Å². The molecule has 1 heterocycles. The summed E-state index contributed by atoms with van der Waals surface area (Å²) in [6.07, 6.45) is 2.52. The van der Waals surface area contributed by atoms with Crippen molar-refractivity contribution in [2.75, 3.05) is 22.1 Å². The fourth-order valence-electron chi connectivity index (χ4n) is 1.98. The molecule has 3 nitrogen and oxygen atoms in total. The van der Waals surface area contributed by atoms with E-state index in [-0.39, 0.29) is 5.91 Å². The summed E-state index contributed by atoms with van der Waals surface area (Å²) < 4.78 is 0. The van der Waals surface area contributed by atoms with Crippen LogP contribution in [0.2, 0.25) is 0 Å². The molecule has 1 amide bonds. The monoisotopic (exact) mass is 250 g/mol. The molecule has 1 aromatic carbocycles. The number of carbonyl (C=O) groups excluding carboxylic acids is 1. The Morgan fingerprint density at radius 2 is 2.24 bits per heavy atom. The van der Waals surface area contributed by atoms with E-state index in [0.717, 1.165) is 11.4 Å². The van der Waals surface area contributed by atoms with Gasteiger partial charge in [-0.15, -0.1) is 0 Å². The van der Waals surface area contributed by atoms with Gasteiger partial charge in [-0.3, -0.25) is 4.79 Å². The van der Waals surface area contributed by atoms with E-state index < -0.39 is 0 Å². The van der Waals surface area contributed by atoms with Crippen LogP contribution in [0.1, 0.15) is 19.8 Å². The lowest BCUT2D eigenvalue weighted by molar-refractivity contribution is -0.114. The Kier molecular flexibility index (Phi) is 4.31. The molecule has 1 saturated heterocycles. The van der Waals surface area contributed by atoms with Gasteiger partial charge in [-0.05, 0) is 36.8 Å². The molecular weight excluding hydrogens is 232 g/mol. The zero-order valence-corrected chi connectivity index (χ0v) is 10.8. The van der Waals surface area contributed by atoms with Crippen molar-refractivity contribution in [1.82, 2.24) is 0 Å². The molecule has 4 heteroatoms. The van der Waals surface area contributed by atoms with E-state index in [4.69, 9.17) is 0 Å². The SMILES string of the molecule is CC(=O)Nc1cccc(NC2CCCSC2)c1. The maximum atomic E-state index is 11.0. The first-order chi connectivity index (χ1) is 8.24. The first kappa shape index (κ1) is 12.3. The highest BCUT2D eigenvalue weighted by atomic mass is 32.2. The van der Waals surface area contributed by atoms with E-state index in [1.54, 1.807) is 0 Å². The van der Waals surface area contributed by atoms with Gasteiger partial charge in [0.05, 0.1) is 0 Å². The number of amides is 1. The van der Waals surface area contributed by atoms with E-state index in [9.17, 15) is 4.79 Å². The van der Waals surface area contributed by atoms with Gasteiger partial charge in [0.1, 0.15) is 0 Å². The van der Waals surface area contributed by atoms with Crippen molar-refractivity contribution < 1.29 is 4.79 Å². The zero-order valence-electron chi connectivity index (χ0n) is 10.0. The lowest BCUT2D eigenvalue weighted by Crippen LogP contribution is -2.25. The number of anilines is 2. The number of nitrogens with one attached hydrogen (secondary N) is 2. The summed E-state index contributed by atoms with van der Waals surface area (Å²) in [6.45, 7) is 1.53. The molecule has 1 fully saturated rings. The van der Waals surface area contributed by atoms with Crippen LogP contribution in [0.25, 0.3) is 0 Å². The summed E-state index contributed by atoms with van der Waals surface area (Å²) in [5.74, 6) is 2.42.